The molecule has 2 nitrogen and oxygen atoms in total. The molecule has 0 radical (unpaired) electrons. The number of anilines is 5. The van der Waals surface area contributed by atoms with Crippen LogP contribution in [0.2, 0.25) is 0 Å². The van der Waals surface area contributed by atoms with E-state index in [0.717, 1.165) is 74.1 Å². The van der Waals surface area contributed by atoms with Crippen molar-refractivity contribution in [3.05, 3.63) is 436 Å². The summed E-state index contributed by atoms with van der Waals surface area (Å²) in [4.78, 5) is 5.22. The van der Waals surface area contributed by atoms with E-state index in [9.17, 15) is 0 Å². The zero-order valence-corrected chi connectivity index (χ0v) is 59.5. The zero-order chi connectivity index (χ0) is 69.9. The fourth-order valence-electron chi connectivity index (χ4n) is 18.4. The molecule has 0 saturated heterocycles. The molecule has 12 aromatic rings. The molecule has 104 heavy (non-hydrogen) atoms. The zero-order valence-electron chi connectivity index (χ0n) is 59.5. The van der Waals surface area contributed by atoms with E-state index in [2.05, 4.69) is 364 Å². The van der Waals surface area contributed by atoms with Crippen LogP contribution in [0.4, 0.5) is 28.4 Å². The molecule has 12 aromatic carbocycles. The Hall–Kier alpha value is -11.8. The maximum absolute atomic E-state index is 4.16. The number of fused-ring (bicyclic) bond motifs is 8. The molecule has 6 aliphatic rings. The van der Waals surface area contributed by atoms with Crippen molar-refractivity contribution in [2.45, 2.75) is 82.1 Å². The third-order valence-electron chi connectivity index (χ3n) is 23.6. The molecule has 2 heteroatoms. The van der Waals surface area contributed by atoms with Gasteiger partial charge in [-0.1, -0.05) is 315 Å². The highest BCUT2D eigenvalue weighted by Crippen LogP contribution is 2.60. The maximum atomic E-state index is 4.16. The predicted octanol–water partition coefficient (Wildman–Crippen LogP) is 27.0. The molecule has 0 saturated carbocycles. The molecular weight excluding hydrogens is 1250 g/mol. The Balaban J connectivity index is 0.784. The number of allylic oxidation sites excluding steroid dienone is 14. The van der Waals surface area contributed by atoms with Crippen molar-refractivity contribution in [2.75, 3.05) is 9.80 Å². The van der Waals surface area contributed by atoms with E-state index in [0.29, 0.717) is 5.92 Å². The molecule has 0 heterocycles. The average Bonchev–Trinajstić information content (AvgIpc) is 1.56. The number of benzene rings is 12. The van der Waals surface area contributed by atoms with E-state index < -0.39 is 10.8 Å². The van der Waals surface area contributed by atoms with Gasteiger partial charge in [0.15, 0.2) is 0 Å². The van der Waals surface area contributed by atoms with Crippen molar-refractivity contribution in [3.63, 3.8) is 0 Å². The highest BCUT2D eigenvalue weighted by molar-refractivity contribution is 6.07. The number of hydrogen-bond acceptors (Lipinski definition) is 2. The van der Waals surface area contributed by atoms with Gasteiger partial charge in [-0.25, -0.2) is 0 Å². The van der Waals surface area contributed by atoms with Crippen LogP contribution in [-0.4, -0.2) is 0 Å². The molecule has 18 rings (SSSR count). The van der Waals surface area contributed by atoms with Crippen molar-refractivity contribution in [1.29, 1.82) is 0 Å². The van der Waals surface area contributed by atoms with Crippen LogP contribution in [0.5, 0.6) is 0 Å². The van der Waals surface area contributed by atoms with Gasteiger partial charge < -0.3 is 9.80 Å². The average molecular weight is 1340 g/mol. The summed E-state index contributed by atoms with van der Waals surface area (Å²) in [6.45, 7) is 12.7. The molecule has 6 aliphatic carbocycles. The first kappa shape index (κ1) is 64.3. The van der Waals surface area contributed by atoms with E-state index >= 15 is 0 Å². The Bertz CT molecular complexity index is 5610. The van der Waals surface area contributed by atoms with Crippen molar-refractivity contribution in [3.8, 4) is 33.4 Å². The Morgan fingerprint density at radius 3 is 1.70 bits per heavy atom. The third-order valence-corrected chi connectivity index (χ3v) is 23.6. The highest BCUT2D eigenvalue weighted by atomic mass is 15.2. The van der Waals surface area contributed by atoms with E-state index in [1.165, 1.54) is 144 Å². The molecule has 4 unspecified atom stereocenters. The van der Waals surface area contributed by atoms with Gasteiger partial charge in [0.25, 0.3) is 0 Å². The number of hydrogen-bond donors (Lipinski definition) is 0. The first-order valence-corrected chi connectivity index (χ1v) is 37.4. The Labute approximate surface area is 614 Å². The Morgan fingerprint density at radius 1 is 0.442 bits per heavy atom. The lowest BCUT2D eigenvalue weighted by Crippen LogP contribution is -2.31. The SMILES string of the molecule is C=CC1=CCC(CC2(c3ccc(C)cc3)c3ccccc3-c3ccc(N(c4ccc(-c5ccccc5)cc4)C4CC=C(c5ccc(N(c6ccc(C7=CC=CCC7)cc6)c6ccc7c(c6)C(CC6=CC=C(C=C)CC6)(c6ccc(C)cc6)c6ccccc6-7)c6ccccc56)c5ccccc54)cc32)C=C1. The minimum atomic E-state index is -0.442. The van der Waals surface area contributed by atoms with E-state index in [-0.39, 0.29) is 6.04 Å². The topological polar surface area (TPSA) is 6.48 Å². The van der Waals surface area contributed by atoms with Gasteiger partial charge in [-0.2, -0.15) is 0 Å². The second-order valence-electron chi connectivity index (χ2n) is 29.5. The molecule has 0 aliphatic heterocycles. The van der Waals surface area contributed by atoms with Gasteiger partial charge in [0.1, 0.15) is 0 Å². The Kier molecular flexibility index (Phi) is 16.6. The Morgan fingerprint density at radius 2 is 1.03 bits per heavy atom. The molecule has 0 spiro atoms. The maximum Gasteiger partial charge on any atom is 0.0632 e. The minimum absolute atomic E-state index is 0.0466. The number of aryl methyl sites for hydroxylation is 2. The third kappa shape index (κ3) is 11.1. The van der Waals surface area contributed by atoms with Gasteiger partial charge >= 0.3 is 0 Å². The van der Waals surface area contributed by atoms with Crippen LogP contribution in [-0.2, 0) is 10.8 Å². The van der Waals surface area contributed by atoms with Gasteiger partial charge in [-0.3, -0.25) is 0 Å². The largest absolute Gasteiger partial charge is 0.334 e. The first-order valence-electron chi connectivity index (χ1n) is 37.4. The molecule has 4 atom stereocenters. The molecular formula is C102H84N2. The lowest BCUT2D eigenvalue weighted by molar-refractivity contribution is 0.468. The molecule has 0 bridgehead atoms. The summed E-state index contributed by atoms with van der Waals surface area (Å²) < 4.78 is 0. The monoisotopic (exact) mass is 1340 g/mol. The van der Waals surface area contributed by atoms with Gasteiger partial charge in [0, 0.05) is 33.6 Å². The summed E-state index contributed by atoms with van der Waals surface area (Å²) in [6, 6.07) is 105. The lowest BCUT2D eigenvalue weighted by Gasteiger charge is -2.39. The normalized spacial score (nSPS) is 18.9. The van der Waals surface area contributed by atoms with Crippen molar-refractivity contribution < 1.29 is 0 Å². The second-order valence-corrected chi connectivity index (χ2v) is 29.5. The summed E-state index contributed by atoms with van der Waals surface area (Å²) >= 11 is 0. The molecule has 0 amide bonds. The lowest BCUT2D eigenvalue weighted by atomic mass is 9.66. The molecule has 0 fully saturated rings. The number of nitrogens with zero attached hydrogens (tertiary/aromatic N) is 2. The fourth-order valence-corrected chi connectivity index (χ4v) is 18.4. The summed E-state index contributed by atoms with van der Waals surface area (Å²) in [6.07, 6.45) is 32.8. The van der Waals surface area contributed by atoms with Crippen molar-refractivity contribution >= 4 is 50.4 Å². The number of rotatable bonds is 17. The summed E-state index contributed by atoms with van der Waals surface area (Å²) in [5, 5.41) is 2.41. The smallest absolute Gasteiger partial charge is 0.0632 e. The van der Waals surface area contributed by atoms with Crippen LogP contribution in [0, 0.1) is 19.8 Å². The van der Waals surface area contributed by atoms with E-state index in [1.807, 2.05) is 12.2 Å². The highest BCUT2D eigenvalue weighted by Gasteiger charge is 2.48. The van der Waals surface area contributed by atoms with Crippen LogP contribution in [0.3, 0.4) is 0 Å². The summed E-state index contributed by atoms with van der Waals surface area (Å²) in [5.74, 6) is 0.321. The molecule has 502 valence electrons. The quantitative estimate of drug-likeness (QED) is 0.0896. The van der Waals surface area contributed by atoms with Crippen LogP contribution in [0.25, 0.3) is 55.3 Å². The minimum Gasteiger partial charge on any atom is -0.334 e. The van der Waals surface area contributed by atoms with Crippen molar-refractivity contribution in [1.82, 2.24) is 0 Å². The van der Waals surface area contributed by atoms with Gasteiger partial charge in [0.05, 0.1) is 17.1 Å². The van der Waals surface area contributed by atoms with Crippen LogP contribution in [0.1, 0.15) is 124 Å². The van der Waals surface area contributed by atoms with Crippen LogP contribution in [0.15, 0.2) is 370 Å². The fraction of sp³-hybridized carbons (Fsp3) is 0.137. The molecule has 0 aromatic heterocycles. The summed E-state index contributed by atoms with van der Waals surface area (Å²) in [5.41, 5.74) is 34.7. The standard InChI is InChI=1S/C102H84N2/c1-5-71-37-41-73(42-38-71)67-101(79-49-33-69(3)34-50-79)95-31-19-17-27-89(95)91-59-57-83(65-97(91)101)103(81-53-45-77(46-54-81)75-21-9-7-10-22-75)99-63-61-87(85-25-13-15-29-93(85)99)88-62-64-100(94-30-16-14-26-86(88)94)104(82-55-47-78(48-56-82)76-23-11-8-12-24-76)84-58-60-92-90-28-18-20-32-96(90)102(98(92)66-84,80-51-35-70(4)36-52-80)68-74-43-39-72(6-2)40-44-74/h5-11,13-23,25-39,41,43,45-62,64-66,73,99H,1-2,12,24,40,42,44,63,67-68H2,3-4H3. The van der Waals surface area contributed by atoms with Gasteiger partial charge in [-0.15, -0.1) is 0 Å². The summed E-state index contributed by atoms with van der Waals surface area (Å²) in [7, 11) is 0. The van der Waals surface area contributed by atoms with Crippen LogP contribution >= 0.6 is 0 Å². The first-order chi connectivity index (χ1) is 51.2. The van der Waals surface area contributed by atoms with E-state index in [4.69, 9.17) is 0 Å². The van der Waals surface area contributed by atoms with E-state index in [1.54, 1.807) is 0 Å². The van der Waals surface area contributed by atoms with Crippen LogP contribution < -0.4 is 9.80 Å². The van der Waals surface area contributed by atoms with Gasteiger partial charge in [-0.05, 0) is 242 Å². The second kappa shape index (κ2) is 26.8. The van der Waals surface area contributed by atoms with Gasteiger partial charge in [0.2, 0.25) is 0 Å². The van der Waals surface area contributed by atoms with Crippen molar-refractivity contribution in [2.24, 2.45) is 5.92 Å². The predicted molar refractivity (Wildman–Crippen MR) is 440 cm³/mol. The molecule has 0 N–H and O–H groups in total.